The number of carbonyl (C=O) groups excluding carboxylic acids is 1. The summed E-state index contributed by atoms with van der Waals surface area (Å²) in [5, 5.41) is 11.1. The first-order valence-corrected chi connectivity index (χ1v) is 8.75. The van der Waals surface area contributed by atoms with E-state index in [1.165, 1.54) is 0 Å². The number of rotatable bonds is 3. The van der Waals surface area contributed by atoms with E-state index in [9.17, 15) is 9.90 Å². The molecule has 2 fully saturated rings. The molecule has 1 aliphatic carbocycles. The Labute approximate surface area is 138 Å². The van der Waals surface area contributed by atoms with E-state index in [1.807, 2.05) is 36.1 Å². The highest BCUT2D eigenvalue weighted by molar-refractivity contribution is 5.76. The van der Waals surface area contributed by atoms with Gasteiger partial charge in [0.2, 0.25) is 5.91 Å². The summed E-state index contributed by atoms with van der Waals surface area (Å²) < 4.78 is 5.25. The number of aliphatic hydroxyl groups is 1. The predicted octanol–water partition coefficient (Wildman–Crippen LogP) is 3.30. The number of likely N-dealkylation sites (tertiary alicyclic amines) is 1. The van der Waals surface area contributed by atoms with Gasteiger partial charge in [0.25, 0.3) is 0 Å². The standard InChI is InChI=1S/C19H27NO3/c1-3-17(21)20-13-12-19(22)11-5-4-6-16(19)18(20)14-7-9-15(23-2)10-8-14/h7-10,16,18,22H,3-6,11-13H2,1-2H3/t16-,18-,19-/m0/s1. The second kappa shape index (κ2) is 6.52. The number of nitrogens with zero attached hydrogens (tertiary/aromatic N) is 1. The summed E-state index contributed by atoms with van der Waals surface area (Å²) in [6.45, 7) is 2.56. The fourth-order valence-electron chi connectivity index (χ4n) is 4.38. The topological polar surface area (TPSA) is 49.8 Å². The lowest BCUT2D eigenvalue weighted by Gasteiger charge is -2.52. The Bertz CT molecular complexity index is 556. The van der Waals surface area contributed by atoms with E-state index in [-0.39, 0.29) is 17.9 Å². The zero-order valence-electron chi connectivity index (χ0n) is 14.1. The van der Waals surface area contributed by atoms with E-state index in [0.717, 1.165) is 37.0 Å². The average molecular weight is 317 g/mol. The van der Waals surface area contributed by atoms with Crippen LogP contribution in [0.2, 0.25) is 0 Å². The van der Waals surface area contributed by atoms with Crippen molar-refractivity contribution in [3.05, 3.63) is 29.8 Å². The van der Waals surface area contributed by atoms with Gasteiger partial charge < -0.3 is 14.7 Å². The summed E-state index contributed by atoms with van der Waals surface area (Å²) >= 11 is 0. The summed E-state index contributed by atoms with van der Waals surface area (Å²) in [5.41, 5.74) is 0.491. The van der Waals surface area contributed by atoms with Crippen molar-refractivity contribution < 1.29 is 14.6 Å². The Kier molecular flexibility index (Phi) is 4.62. The molecular formula is C19H27NO3. The van der Waals surface area contributed by atoms with Gasteiger partial charge in [0.15, 0.2) is 0 Å². The van der Waals surface area contributed by atoms with Crippen LogP contribution in [0.4, 0.5) is 0 Å². The molecule has 1 N–H and O–H groups in total. The second-order valence-electron chi connectivity index (χ2n) is 6.86. The highest BCUT2D eigenvalue weighted by Crippen LogP contribution is 2.49. The van der Waals surface area contributed by atoms with Crippen LogP contribution >= 0.6 is 0 Å². The number of benzene rings is 1. The first-order chi connectivity index (χ1) is 11.1. The molecular weight excluding hydrogens is 290 g/mol. The molecule has 1 aromatic rings. The summed E-state index contributed by atoms with van der Waals surface area (Å²) in [5.74, 6) is 1.13. The molecule has 3 rings (SSSR count). The average Bonchev–Trinajstić information content (AvgIpc) is 2.59. The van der Waals surface area contributed by atoms with E-state index in [1.54, 1.807) is 7.11 Å². The molecule has 1 aromatic carbocycles. The van der Waals surface area contributed by atoms with Crippen LogP contribution < -0.4 is 4.74 Å². The normalized spacial score (nSPS) is 30.7. The molecule has 4 nitrogen and oxygen atoms in total. The van der Waals surface area contributed by atoms with E-state index >= 15 is 0 Å². The third kappa shape index (κ3) is 2.97. The minimum atomic E-state index is -0.618. The minimum absolute atomic E-state index is 0.0209. The van der Waals surface area contributed by atoms with Crippen molar-refractivity contribution in [3.63, 3.8) is 0 Å². The molecule has 1 amide bonds. The van der Waals surface area contributed by atoms with Crippen molar-refractivity contribution in [2.45, 2.75) is 57.1 Å². The fraction of sp³-hybridized carbons (Fsp3) is 0.632. The summed E-state index contributed by atoms with van der Waals surface area (Å²) in [6.07, 6.45) is 5.28. The third-order valence-electron chi connectivity index (χ3n) is 5.65. The van der Waals surface area contributed by atoms with E-state index < -0.39 is 5.60 Å². The molecule has 4 heteroatoms. The van der Waals surface area contributed by atoms with Gasteiger partial charge in [-0.3, -0.25) is 4.79 Å². The first kappa shape index (κ1) is 16.3. The maximum absolute atomic E-state index is 12.5. The molecule has 0 bridgehead atoms. The molecule has 0 aromatic heterocycles. The largest absolute Gasteiger partial charge is 0.497 e. The van der Waals surface area contributed by atoms with Gasteiger partial charge in [-0.05, 0) is 37.0 Å². The maximum Gasteiger partial charge on any atom is 0.222 e. The van der Waals surface area contributed by atoms with Gasteiger partial charge in [0, 0.05) is 18.9 Å². The Hall–Kier alpha value is -1.55. The lowest BCUT2D eigenvalue weighted by Crippen LogP contribution is -2.56. The number of ether oxygens (including phenoxy) is 1. The minimum Gasteiger partial charge on any atom is -0.497 e. The Morgan fingerprint density at radius 2 is 2.04 bits per heavy atom. The van der Waals surface area contributed by atoms with Crippen LogP contribution in [0.3, 0.4) is 0 Å². The van der Waals surface area contributed by atoms with Crippen LogP contribution in [0.1, 0.15) is 57.1 Å². The second-order valence-corrected chi connectivity index (χ2v) is 6.86. The number of piperidine rings is 1. The van der Waals surface area contributed by atoms with Crippen molar-refractivity contribution in [1.82, 2.24) is 4.90 Å². The number of hydrogen-bond acceptors (Lipinski definition) is 3. The van der Waals surface area contributed by atoms with Gasteiger partial charge in [-0.1, -0.05) is 31.9 Å². The highest BCUT2D eigenvalue weighted by Gasteiger charge is 2.49. The van der Waals surface area contributed by atoms with Crippen molar-refractivity contribution >= 4 is 5.91 Å². The van der Waals surface area contributed by atoms with Crippen molar-refractivity contribution in [3.8, 4) is 5.75 Å². The van der Waals surface area contributed by atoms with Gasteiger partial charge in [0.05, 0.1) is 18.8 Å². The van der Waals surface area contributed by atoms with E-state index in [2.05, 4.69) is 0 Å². The number of amides is 1. The first-order valence-electron chi connectivity index (χ1n) is 8.75. The summed E-state index contributed by atoms with van der Waals surface area (Å²) in [4.78, 5) is 14.5. The molecule has 1 heterocycles. The van der Waals surface area contributed by atoms with Crippen molar-refractivity contribution in [2.75, 3.05) is 13.7 Å². The Morgan fingerprint density at radius 3 is 2.70 bits per heavy atom. The Morgan fingerprint density at radius 1 is 1.30 bits per heavy atom. The number of carbonyl (C=O) groups is 1. The molecule has 2 aliphatic rings. The number of hydrogen-bond donors (Lipinski definition) is 1. The van der Waals surface area contributed by atoms with Crippen LogP contribution in [-0.4, -0.2) is 35.2 Å². The van der Waals surface area contributed by atoms with Crippen LogP contribution in [0.15, 0.2) is 24.3 Å². The molecule has 1 saturated heterocycles. The number of methoxy groups -OCH3 is 1. The third-order valence-corrected chi connectivity index (χ3v) is 5.65. The molecule has 126 valence electrons. The molecule has 0 unspecified atom stereocenters. The van der Waals surface area contributed by atoms with Gasteiger partial charge in [-0.25, -0.2) is 0 Å². The number of fused-ring (bicyclic) bond motifs is 1. The van der Waals surface area contributed by atoms with Gasteiger partial charge in [0.1, 0.15) is 5.75 Å². The van der Waals surface area contributed by atoms with Crippen molar-refractivity contribution in [2.24, 2.45) is 5.92 Å². The highest BCUT2D eigenvalue weighted by atomic mass is 16.5. The molecule has 1 saturated carbocycles. The zero-order chi connectivity index (χ0) is 16.4. The van der Waals surface area contributed by atoms with Gasteiger partial charge in [-0.2, -0.15) is 0 Å². The smallest absolute Gasteiger partial charge is 0.222 e. The van der Waals surface area contributed by atoms with Crippen LogP contribution in [-0.2, 0) is 4.79 Å². The molecule has 23 heavy (non-hydrogen) atoms. The Balaban J connectivity index is 1.98. The molecule has 1 aliphatic heterocycles. The maximum atomic E-state index is 12.5. The zero-order valence-corrected chi connectivity index (χ0v) is 14.1. The fourth-order valence-corrected chi connectivity index (χ4v) is 4.38. The molecule has 0 spiro atoms. The molecule has 0 radical (unpaired) electrons. The van der Waals surface area contributed by atoms with Gasteiger partial charge >= 0.3 is 0 Å². The van der Waals surface area contributed by atoms with Crippen LogP contribution in [0.25, 0.3) is 0 Å². The lowest BCUT2D eigenvalue weighted by atomic mass is 9.66. The quantitative estimate of drug-likeness (QED) is 0.930. The lowest BCUT2D eigenvalue weighted by molar-refractivity contribution is -0.155. The van der Waals surface area contributed by atoms with Crippen LogP contribution in [0, 0.1) is 5.92 Å². The van der Waals surface area contributed by atoms with E-state index in [0.29, 0.717) is 19.4 Å². The predicted molar refractivity (Wildman–Crippen MR) is 89.3 cm³/mol. The summed E-state index contributed by atoms with van der Waals surface area (Å²) in [6, 6.07) is 7.95. The SMILES string of the molecule is CCC(=O)N1CC[C@@]2(O)CCCC[C@H]2[C@@H]1c1ccc(OC)cc1. The monoisotopic (exact) mass is 317 g/mol. The summed E-state index contributed by atoms with van der Waals surface area (Å²) in [7, 11) is 1.66. The molecule has 3 atom stereocenters. The van der Waals surface area contributed by atoms with E-state index in [4.69, 9.17) is 4.74 Å². The van der Waals surface area contributed by atoms with Crippen LogP contribution in [0.5, 0.6) is 5.75 Å². The van der Waals surface area contributed by atoms with Crippen molar-refractivity contribution in [1.29, 1.82) is 0 Å². The van der Waals surface area contributed by atoms with Gasteiger partial charge in [-0.15, -0.1) is 0 Å².